The molecule has 1 aromatic rings. The summed E-state index contributed by atoms with van der Waals surface area (Å²) in [5.74, 6) is 6.75. The maximum Gasteiger partial charge on any atom is 0.191 e. The Morgan fingerprint density at radius 1 is 1.44 bits per heavy atom. The van der Waals surface area contributed by atoms with Gasteiger partial charge >= 0.3 is 0 Å². The highest BCUT2D eigenvalue weighted by atomic mass is 32.2. The van der Waals surface area contributed by atoms with Crippen molar-refractivity contribution in [3.8, 4) is 0 Å². The van der Waals surface area contributed by atoms with E-state index in [0.29, 0.717) is 17.6 Å². The molecule has 0 spiro atoms. The van der Waals surface area contributed by atoms with E-state index in [4.69, 9.17) is 10.6 Å². The molecule has 0 aliphatic rings. The maximum absolute atomic E-state index is 5.39. The Bertz CT molecular complexity index is 335. The minimum absolute atomic E-state index is 0.246. The second-order valence-electron chi connectivity index (χ2n) is 3.85. The number of methoxy groups -OCH3 is 1. The highest BCUT2D eigenvalue weighted by Crippen LogP contribution is 2.18. The van der Waals surface area contributed by atoms with Crippen molar-refractivity contribution in [3.05, 3.63) is 6.07 Å². The number of hydrazine groups is 1. The number of hydrogen-bond donors (Lipinski definition) is 3. The van der Waals surface area contributed by atoms with Gasteiger partial charge in [0, 0.05) is 13.2 Å². The summed E-state index contributed by atoms with van der Waals surface area (Å²) in [4.78, 5) is 8.61. The van der Waals surface area contributed by atoms with Gasteiger partial charge in [0.15, 0.2) is 5.16 Å². The van der Waals surface area contributed by atoms with E-state index in [9.17, 15) is 0 Å². The van der Waals surface area contributed by atoms with Crippen LogP contribution in [0.2, 0.25) is 0 Å². The van der Waals surface area contributed by atoms with Gasteiger partial charge in [0.25, 0.3) is 0 Å². The average molecular weight is 271 g/mol. The third kappa shape index (κ3) is 4.67. The first-order valence-electron chi connectivity index (χ1n) is 5.88. The first kappa shape index (κ1) is 15.0. The fraction of sp³-hybridized carbons (Fsp3) is 0.636. The van der Waals surface area contributed by atoms with Crippen LogP contribution >= 0.6 is 11.8 Å². The van der Waals surface area contributed by atoms with Crippen LogP contribution in [0.3, 0.4) is 0 Å². The first-order chi connectivity index (χ1) is 8.73. The molecule has 0 bridgehead atoms. The summed E-state index contributed by atoms with van der Waals surface area (Å²) in [7, 11) is 1.70. The number of hydrogen-bond acceptors (Lipinski definition) is 7. The molecule has 18 heavy (non-hydrogen) atoms. The quantitative estimate of drug-likeness (QED) is 0.287. The molecule has 7 heteroatoms. The molecule has 0 aliphatic carbocycles. The standard InChI is InChI=1S/C11H21N5OS/c1-4-5-8(7-17-2)13-9-6-10(16-12)15-11(14-9)18-3/h6,8H,4-5,7,12H2,1-3H3,(H2,13,14,15,16). The number of nitrogens with one attached hydrogen (secondary N) is 2. The largest absolute Gasteiger partial charge is 0.383 e. The summed E-state index contributed by atoms with van der Waals surface area (Å²) in [6.07, 6.45) is 4.04. The van der Waals surface area contributed by atoms with Gasteiger partial charge in [-0.25, -0.2) is 15.8 Å². The first-order valence-corrected chi connectivity index (χ1v) is 7.11. The zero-order valence-electron chi connectivity index (χ0n) is 11.1. The fourth-order valence-electron chi connectivity index (χ4n) is 1.62. The minimum Gasteiger partial charge on any atom is -0.383 e. The van der Waals surface area contributed by atoms with Crippen molar-refractivity contribution in [2.24, 2.45) is 5.84 Å². The maximum atomic E-state index is 5.39. The van der Waals surface area contributed by atoms with Gasteiger partial charge in [-0.05, 0) is 12.7 Å². The summed E-state index contributed by atoms with van der Waals surface area (Å²) in [6, 6.07) is 2.04. The van der Waals surface area contributed by atoms with Crippen LogP contribution in [-0.4, -0.2) is 36.0 Å². The van der Waals surface area contributed by atoms with Crippen LogP contribution in [-0.2, 0) is 4.74 Å². The number of nitrogens with zero attached hydrogens (tertiary/aromatic N) is 2. The molecule has 1 unspecified atom stereocenters. The van der Waals surface area contributed by atoms with E-state index >= 15 is 0 Å². The average Bonchev–Trinajstić information content (AvgIpc) is 2.38. The van der Waals surface area contributed by atoms with E-state index in [-0.39, 0.29) is 6.04 Å². The predicted octanol–water partition coefficient (Wildman–Crippen LogP) is 1.71. The fourth-order valence-corrected chi connectivity index (χ4v) is 2.00. The molecule has 1 aromatic heterocycles. The molecular weight excluding hydrogens is 250 g/mol. The van der Waals surface area contributed by atoms with E-state index in [1.807, 2.05) is 6.26 Å². The Morgan fingerprint density at radius 3 is 2.72 bits per heavy atom. The van der Waals surface area contributed by atoms with Gasteiger partial charge in [0.05, 0.1) is 12.6 Å². The zero-order chi connectivity index (χ0) is 13.4. The Kier molecular flexibility index (Phi) is 6.77. The van der Waals surface area contributed by atoms with Crippen molar-refractivity contribution < 1.29 is 4.74 Å². The molecule has 0 aliphatic heterocycles. The van der Waals surface area contributed by atoms with Crippen LogP contribution in [0.4, 0.5) is 11.6 Å². The Hall–Kier alpha value is -1.05. The summed E-state index contributed by atoms with van der Waals surface area (Å²) < 4.78 is 5.19. The van der Waals surface area contributed by atoms with Crippen LogP contribution in [0, 0.1) is 0 Å². The molecule has 6 nitrogen and oxygen atoms in total. The van der Waals surface area contributed by atoms with Gasteiger partial charge in [-0.1, -0.05) is 25.1 Å². The Balaban J connectivity index is 2.80. The van der Waals surface area contributed by atoms with Crippen molar-refractivity contribution in [2.45, 2.75) is 31.0 Å². The second-order valence-corrected chi connectivity index (χ2v) is 4.63. The smallest absolute Gasteiger partial charge is 0.191 e. The van der Waals surface area contributed by atoms with Crippen LogP contribution in [0.1, 0.15) is 19.8 Å². The van der Waals surface area contributed by atoms with Crippen LogP contribution < -0.4 is 16.6 Å². The summed E-state index contributed by atoms with van der Waals surface area (Å²) in [5.41, 5.74) is 2.54. The molecule has 0 saturated carbocycles. The summed E-state index contributed by atoms with van der Waals surface area (Å²) >= 11 is 1.48. The van der Waals surface area contributed by atoms with E-state index in [1.54, 1.807) is 13.2 Å². The number of nitrogens with two attached hydrogens (primary N) is 1. The van der Waals surface area contributed by atoms with Crippen LogP contribution in [0.5, 0.6) is 0 Å². The molecule has 0 fully saturated rings. The van der Waals surface area contributed by atoms with Gasteiger partial charge in [-0.2, -0.15) is 0 Å². The highest BCUT2D eigenvalue weighted by Gasteiger charge is 2.10. The van der Waals surface area contributed by atoms with Gasteiger partial charge in [-0.3, -0.25) is 0 Å². The molecule has 0 radical (unpaired) electrons. The van der Waals surface area contributed by atoms with Gasteiger partial charge in [0.2, 0.25) is 0 Å². The lowest BCUT2D eigenvalue weighted by atomic mass is 10.2. The molecule has 1 heterocycles. The highest BCUT2D eigenvalue weighted by molar-refractivity contribution is 7.98. The summed E-state index contributed by atoms with van der Waals surface area (Å²) in [6.45, 7) is 2.79. The number of ether oxygens (including phenoxy) is 1. The van der Waals surface area contributed by atoms with Crippen molar-refractivity contribution >= 4 is 23.4 Å². The molecule has 0 amide bonds. The molecule has 0 aromatic carbocycles. The topological polar surface area (TPSA) is 85.1 Å². The predicted molar refractivity (Wildman–Crippen MR) is 75.8 cm³/mol. The van der Waals surface area contributed by atoms with Crippen molar-refractivity contribution in [1.29, 1.82) is 0 Å². The number of thioether (sulfide) groups is 1. The Labute approximate surface area is 112 Å². The van der Waals surface area contributed by atoms with Gasteiger partial charge in [0.1, 0.15) is 11.6 Å². The zero-order valence-corrected chi connectivity index (χ0v) is 11.9. The van der Waals surface area contributed by atoms with Crippen molar-refractivity contribution in [3.63, 3.8) is 0 Å². The summed E-state index contributed by atoms with van der Waals surface area (Å²) in [5, 5.41) is 4.03. The minimum atomic E-state index is 0.246. The van der Waals surface area contributed by atoms with Gasteiger partial charge < -0.3 is 15.5 Å². The molecule has 102 valence electrons. The normalized spacial score (nSPS) is 12.2. The van der Waals surface area contributed by atoms with Crippen molar-refractivity contribution in [2.75, 3.05) is 30.7 Å². The molecular formula is C11H21N5OS. The van der Waals surface area contributed by atoms with E-state index in [0.717, 1.165) is 18.7 Å². The van der Waals surface area contributed by atoms with Gasteiger partial charge in [-0.15, -0.1) is 0 Å². The van der Waals surface area contributed by atoms with E-state index in [1.165, 1.54) is 11.8 Å². The third-order valence-corrected chi connectivity index (χ3v) is 2.94. The third-order valence-electron chi connectivity index (χ3n) is 2.39. The molecule has 0 saturated heterocycles. The lowest BCUT2D eigenvalue weighted by Crippen LogP contribution is -2.25. The van der Waals surface area contributed by atoms with E-state index < -0.39 is 0 Å². The SMILES string of the molecule is CCCC(COC)Nc1cc(NN)nc(SC)n1. The number of nitrogen functional groups attached to an aromatic ring is 1. The second kappa shape index (κ2) is 8.12. The lowest BCUT2D eigenvalue weighted by molar-refractivity contribution is 0.182. The van der Waals surface area contributed by atoms with Crippen LogP contribution in [0.25, 0.3) is 0 Å². The van der Waals surface area contributed by atoms with E-state index in [2.05, 4.69) is 27.6 Å². The number of anilines is 2. The van der Waals surface area contributed by atoms with Crippen LogP contribution in [0.15, 0.2) is 11.2 Å². The monoisotopic (exact) mass is 271 g/mol. The number of rotatable bonds is 8. The molecule has 1 atom stereocenters. The molecule has 1 rings (SSSR count). The number of aromatic nitrogens is 2. The molecule has 4 N–H and O–H groups in total. The van der Waals surface area contributed by atoms with Crippen molar-refractivity contribution in [1.82, 2.24) is 9.97 Å². The Morgan fingerprint density at radius 2 is 2.17 bits per heavy atom. The lowest BCUT2D eigenvalue weighted by Gasteiger charge is -2.18.